The Morgan fingerprint density at radius 2 is 1.64 bits per heavy atom. The molecule has 4 rings (SSSR count). The van der Waals surface area contributed by atoms with Gasteiger partial charge in [-0.05, 0) is 24.3 Å². The van der Waals surface area contributed by atoms with Gasteiger partial charge in [-0.2, -0.15) is 0 Å². The van der Waals surface area contributed by atoms with Gasteiger partial charge in [0.25, 0.3) is 11.8 Å². The summed E-state index contributed by atoms with van der Waals surface area (Å²) < 4.78 is 0.447. The molecule has 0 spiro atoms. The largest absolute Gasteiger partial charge is 0.506 e. The molecule has 1 aliphatic heterocycles. The van der Waals surface area contributed by atoms with Gasteiger partial charge in [0, 0.05) is 11.4 Å². The van der Waals surface area contributed by atoms with Gasteiger partial charge in [-0.3, -0.25) is 14.5 Å². The Balaban J connectivity index is 1.90. The fraction of sp³-hybridized carbons (Fsp3) is 0.375. The molecule has 0 bridgehead atoms. The van der Waals surface area contributed by atoms with Crippen molar-refractivity contribution in [2.24, 2.45) is 0 Å². The van der Waals surface area contributed by atoms with Gasteiger partial charge in [0.2, 0.25) is 0 Å². The van der Waals surface area contributed by atoms with Gasteiger partial charge in [-0.15, -0.1) is 11.3 Å². The Morgan fingerprint density at radius 1 is 1.00 bits per heavy atom. The minimum atomic E-state index is -0.479. The van der Waals surface area contributed by atoms with Gasteiger partial charge in [0.1, 0.15) is 11.5 Å². The van der Waals surface area contributed by atoms with E-state index in [1.54, 1.807) is 11.4 Å². The summed E-state index contributed by atoms with van der Waals surface area (Å²) in [6.07, 6.45) is 4.69. The third-order valence-corrected chi connectivity index (χ3v) is 5.59. The molecule has 1 aliphatic carbocycles. The van der Waals surface area contributed by atoms with Crippen molar-refractivity contribution in [3.05, 3.63) is 22.6 Å². The quantitative estimate of drug-likeness (QED) is 0.625. The van der Waals surface area contributed by atoms with Crippen LogP contribution in [0.25, 0.3) is 10.1 Å². The zero-order chi connectivity index (χ0) is 15.4. The molecule has 1 aromatic carbocycles. The molecule has 0 saturated heterocycles. The number of nitrogens with zero attached hydrogens (tertiary/aromatic N) is 1. The van der Waals surface area contributed by atoms with E-state index in [-0.39, 0.29) is 28.7 Å². The van der Waals surface area contributed by atoms with Crippen molar-refractivity contribution in [3.63, 3.8) is 0 Å². The van der Waals surface area contributed by atoms with Gasteiger partial charge in [0.15, 0.2) is 0 Å². The minimum absolute atomic E-state index is 0.0389. The lowest BCUT2D eigenvalue weighted by Gasteiger charge is -2.29. The smallest absolute Gasteiger partial charge is 0.265 e. The Morgan fingerprint density at radius 3 is 2.32 bits per heavy atom. The summed E-state index contributed by atoms with van der Waals surface area (Å²) in [5, 5.41) is 22.9. The fourth-order valence-electron chi connectivity index (χ4n) is 3.58. The standard InChI is InChI=1S/C16H15NO4S/c18-12-9-6-7-22-14(9)13(19)11-10(12)15(20)17(16(11)21)8-4-2-1-3-5-8/h6-8,18-19H,1-5H2. The topological polar surface area (TPSA) is 77.8 Å². The van der Waals surface area contributed by atoms with E-state index in [0.29, 0.717) is 10.1 Å². The van der Waals surface area contributed by atoms with Gasteiger partial charge >= 0.3 is 0 Å². The Hall–Kier alpha value is -2.08. The number of phenolic OH excluding ortho intramolecular Hbond substituents is 2. The molecule has 2 aliphatic rings. The second kappa shape index (κ2) is 4.71. The van der Waals surface area contributed by atoms with Crippen molar-refractivity contribution in [3.8, 4) is 11.5 Å². The number of fused-ring (bicyclic) bond motifs is 2. The van der Waals surface area contributed by atoms with Crippen LogP contribution < -0.4 is 0 Å². The summed E-state index contributed by atoms with van der Waals surface area (Å²) in [5.41, 5.74) is -0.0815. The van der Waals surface area contributed by atoms with Gasteiger partial charge in [0.05, 0.1) is 15.8 Å². The molecule has 2 amide bonds. The number of rotatable bonds is 1. The van der Waals surface area contributed by atoms with Crippen LogP contribution in [0.5, 0.6) is 11.5 Å². The lowest BCUT2D eigenvalue weighted by atomic mass is 9.94. The molecule has 6 heteroatoms. The number of hydrogen-bond acceptors (Lipinski definition) is 5. The van der Waals surface area contributed by atoms with E-state index in [4.69, 9.17) is 0 Å². The third kappa shape index (κ3) is 1.64. The lowest BCUT2D eigenvalue weighted by Crippen LogP contribution is -2.40. The highest BCUT2D eigenvalue weighted by Gasteiger charge is 2.45. The molecule has 5 nitrogen and oxygen atoms in total. The zero-order valence-electron chi connectivity index (χ0n) is 11.8. The lowest BCUT2D eigenvalue weighted by molar-refractivity contribution is 0.0547. The second-order valence-electron chi connectivity index (χ2n) is 5.88. The zero-order valence-corrected chi connectivity index (χ0v) is 12.7. The molecule has 2 heterocycles. The maximum atomic E-state index is 12.7. The number of phenols is 2. The van der Waals surface area contributed by atoms with Crippen LogP contribution in [-0.4, -0.2) is 33.0 Å². The number of benzene rings is 1. The van der Waals surface area contributed by atoms with Crippen molar-refractivity contribution in [2.45, 2.75) is 38.1 Å². The molecule has 1 aromatic heterocycles. The van der Waals surface area contributed by atoms with Crippen molar-refractivity contribution in [1.29, 1.82) is 0 Å². The van der Waals surface area contributed by atoms with E-state index in [9.17, 15) is 19.8 Å². The Bertz CT molecular complexity index is 748. The third-order valence-electron chi connectivity index (χ3n) is 4.66. The van der Waals surface area contributed by atoms with Crippen LogP contribution in [0.2, 0.25) is 0 Å². The fourth-order valence-corrected chi connectivity index (χ4v) is 4.43. The van der Waals surface area contributed by atoms with Crippen LogP contribution in [0.1, 0.15) is 52.8 Å². The first-order valence-corrected chi connectivity index (χ1v) is 8.32. The molecular formula is C16H15NO4S. The number of aromatic hydroxyl groups is 2. The van der Waals surface area contributed by atoms with E-state index in [1.807, 2.05) is 0 Å². The van der Waals surface area contributed by atoms with Crippen LogP contribution in [0, 0.1) is 0 Å². The van der Waals surface area contributed by atoms with E-state index in [0.717, 1.165) is 32.1 Å². The molecule has 114 valence electrons. The predicted molar refractivity (Wildman–Crippen MR) is 82.5 cm³/mol. The molecule has 1 fully saturated rings. The molecule has 2 N–H and O–H groups in total. The Labute approximate surface area is 130 Å². The number of hydrogen-bond donors (Lipinski definition) is 2. The highest BCUT2D eigenvalue weighted by Crippen LogP contribution is 2.46. The van der Waals surface area contributed by atoms with Crippen molar-refractivity contribution >= 4 is 33.2 Å². The maximum Gasteiger partial charge on any atom is 0.265 e. The molecule has 22 heavy (non-hydrogen) atoms. The minimum Gasteiger partial charge on any atom is -0.506 e. The van der Waals surface area contributed by atoms with Crippen LogP contribution in [0.15, 0.2) is 11.4 Å². The van der Waals surface area contributed by atoms with Crippen molar-refractivity contribution in [2.75, 3.05) is 0 Å². The summed E-state index contributed by atoms with van der Waals surface area (Å²) in [5.74, 6) is -1.34. The van der Waals surface area contributed by atoms with Crippen LogP contribution in [-0.2, 0) is 0 Å². The first kappa shape index (κ1) is 13.6. The number of amides is 2. The predicted octanol–water partition coefficient (Wildman–Crippen LogP) is 3.24. The number of carbonyl (C=O) groups is 2. The summed E-state index contributed by atoms with van der Waals surface area (Å²) in [6, 6.07) is 1.52. The molecule has 0 radical (unpaired) electrons. The molecule has 1 saturated carbocycles. The average Bonchev–Trinajstić information content (AvgIpc) is 3.10. The summed E-state index contributed by atoms with van der Waals surface area (Å²) >= 11 is 1.24. The molecule has 0 atom stereocenters. The average molecular weight is 317 g/mol. The first-order valence-electron chi connectivity index (χ1n) is 7.44. The van der Waals surface area contributed by atoms with Crippen molar-refractivity contribution in [1.82, 2.24) is 4.90 Å². The molecule has 2 aromatic rings. The van der Waals surface area contributed by atoms with Gasteiger partial charge in [-0.25, -0.2) is 0 Å². The normalized spacial score (nSPS) is 19.2. The van der Waals surface area contributed by atoms with Crippen LogP contribution in [0.4, 0.5) is 0 Å². The first-order chi connectivity index (χ1) is 10.6. The summed E-state index contributed by atoms with van der Waals surface area (Å²) in [6.45, 7) is 0. The van der Waals surface area contributed by atoms with Gasteiger partial charge < -0.3 is 10.2 Å². The monoisotopic (exact) mass is 317 g/mol. The number of imide groups is 1. The SMILES string of the molecule is O=C1c2c(c(O)c3sccc3c2O)C(=O)N1C1CCCCC1. The molecule has 0 unspecified atom stereocenters. The highest BCUT2D eigenvalue weighted by molar-refractivity contribution is 7.17. The van der Waals surface area contributed by atoms with Crippen LogP contribution >= 0.6 is 11.3 Å². The van der Waals surface area contributed by atoms with Gasteiger partial charge in [-0.1, -0.05) is 19.3 Å². The van der Waals surface area contributed by atoms with E-state index in [2.05, 4.69) is 0 Å². The van der Waals surface area contributed by atoms with Crippen LogP contribution in [0.3, 0.4) is 0 Å². The highest BCUT2D eigenvalue weighted by atomic mass is 32.1. The molecular weight excluding hydrogens is 302 g/mol. The van der Waals surface area contributed by atoms with E-state index >= 15 is 0 Å². The van der Waals surface area contributed by atoms with E-state index in [1.165, 1.54) is 16.2 Å². The number of carbonyl (C=O) groups excluding carboxylic acids is 2. The number of thiophene rings is 1. The van der Waals surface area contributed by atoms with E-state index < -0.39 is 11.8 Å². The maximum absolute atomic E-state index is 12.7. The second-order valence-corrected chi connectivity index (χ2v) is 6.80. The van der Waals surface area contributed by atoms with Crippen molar-refractivity contribution < 1.29 is 19.8 Å². The summed E-state index contributed by atoms with van der Waals surface area (Å²) in [4.78, 5) is 26.6. The Kier molecular flexibility index (Phi) is 2.91. The summed E-state index contributed by atoms with van der Waals surface area (Å²) in [7, 11) is 0.